The van der Waals surface area contributed by atoms with Crippen molar-refractivity contribution in [2.24, 2.45) is 5.41 Å². The van der Waals surface area contributed by atoms with Crippen molar-refractivity contribution in [3.05, 3.63) is 0 Å². The number of thioether (sulfide) groups is 1. The first-order valence-corrected chi connectivity index (χ1v) is 7.46. The van der Waals surface area contributed by atoms with E-state index in [0.29, 0.717) is 12.2 Å². The van der Waals surface area contributed by atoms with Crippen LogP contribution in [0.3, 0.4) is 0 Å². The summed E-state index contributed by atoms with van der Waals surface area (Å²) in [5.74, 6) is 1.39. The van der Waals surface area contributed by atoms with Gasteiger partial charge in [0.25, 0.3) is 0 Å². The fourth-order valence-electron chi connectivity index (χ4n) is 1.67. The molecule has 1 amide bonds. The normalized spacial score (nSPS) is 16.5. The zero-order valence-electron chi connectivity index (χ0n) is 11.7. The zero-order valence-corrected chi connectivity index (χ0v) is 12.5. The predicted octanol–water partition coefficient (Wildman–Crippen LogP) is 1.93. The smallest absolute Gasteiger partial charge is 0.306 e. The average molecular weight is 273 g/mol. The molecule has 0 unspecified atom stereocenters. The number of methoxy groups -OCH3 is 1. The van der Waals surface area contributed by atoms with Crippen LogP contribution in [0.4, 0.5) is 0 Å². The molecule has 0 atom stereocenters. The molecule has 0 saturated heterocycles. The van der Waals surface area contributed by atoms with Crippen molar-refractivity contribution < 1.29 is 14.3 Å². The van der Waals surface area contributed by atoms with Gasteiger partial charge in [0.1, 0.15) is 0 Å². The van der Waals surface area contributed by atoms with Crippen LogP contribution in [0, 0.1) is 5.41 Å². The highest BCUT2D eigenvalue weighted by molar-refractivity contribution is 7.99. The predicted molar refractivity (Wildman–Crippen MR) is 73.5 cm³/mol. The van der Waals surface area contributed by atoms with E-state index in [1.807, 2.05) is 20.9 Å². The number of hydrogen-bond donors (Lipinski definition) is 0. The minimum Gasteiger partial charge on any atom is -0.469 e. The van der Waals surface area contributed by atoms with Crippen LogP contribution in [-0.2, 0) is 14.3 Å². The van der Waals surface area contributed by atoms with Crippen LogP contribution in [0.25, 0.3) is 0 Å². The van der Waals surface area contributed by atoms with Gasteiger partial charge < -0.3 is 9.64 Å². The highest BCUT2D eigenvalue weighted by Crippen LogP contribution is 2.51. The van der Waals surface area contributed by atoms with Crippen LogP contribution in [0.2, 0.25) is 0 Å². The van der Waals surface area contributed by atoms with Crippen molar-refractivity contribution in [3.8, 4) is 0 Å². The Morgan fingerprint density at radius 2 is 2.00 bits per heavy atom. The second kappa shape index (κ2) is 6.45. The topological polar surface area (TPSA) is 46.6 Å². The molecule has 1 aliphatic rings. The van der Waals surface area contributed by atoms with Crippen LogP contribution in [0.1, 0.15) is 33.1 Å². The van der Waals surface area contributed by atoms with Crippen molar-refractivity contribution >= 4 is 23.6 Å². The molecule has 1 aliphatic carbocycles. The van der Waals surface area contributed by atoms with Crippen molar-refractivity contribution in [1.82, 2.24) is 4.90 Å². The molecule has 1 fully saturated rings. The molecule has 0 aromatic rings. The minimum absolute atomic E-state index is 0.106. The lowest BCUT2D eigenvalue weighted by Gasteiger charge is -2.21. The summed E-state index contributed by atoms with van der Waals surface area (Å²) in [6.07, 6.45) is 2.64. The summed E-state index contributed by atoms with van der Waals surface area (Å²) in [4.78, 5) is 24.8. The number of amides is 1. The second-order valence-electron chi connectivity index (χ2n) is 5.34. The fourth-order valence-corrected chi connectivity index (χ4v) is 2.98. The summed E-state index contributed by atoms with van der Waals surface area (Å²) in [6.45, 7) is 4.00. The third-order valence-electron chi connectivity index (χ3n) is 3.51. The SMILES string of the molecule is COC(=O)CC1(CSCC(=O)N(C)C(C)C)CC1. The third kappa shape index (κ3) is 4.52. The van der Waals surface area contributed by atoms with Crippen molar-refractivity contribution in [2.45, 2.75) is 39.2 Å². The molecule has 18 heavy (non-hydrogen) atoms. The molecule has 1 rings (SSSR count). The highest BCUT2D eigenvalue weighted by atomic mass is 32.2. The van der Waals surface area contributed by atoms with Gasteiger partial charge in [-0.05, 0) is 37.9 Å². The summed E-state index contributed by atoms with van der Waals surface area (Å²) in [5, 5.41) is 0. The maximum absolute atomic E-state index is 11.8. The summed E-state index contributed by atoms with van der Waals surface area (Å²) in [6, 6.07) is 0.239. The Hall–Kier alpha value is -0.710. The van der Waals surface area contributed by atoms with Gasteiger partial charge in [-0.25, -0.2) is 0 Å². The van der Waals surface area contributed by atoms with Crippen LogP contribution in [0.5, 0.6) is 0 Å². The van der Waals surface area contributed by atoms with Gasteiger partial charge >= 0.3 is 5.97 Å². The molecule has 0 aromatic carbocycles. The number of rotatable bonds is 7. The maximum atomic E-state index is 11.8. The van der Waals surface area contributed by atoms with Gasteiger partial charge in [-0.3, -0.25) is 9.59 Å². The van der Waals surface area contributed by atoms with Crippen LogP contribution < -0.4 is 0 Å². The Balaban J connectivity index is 2.26. The van der Waals surface area contributed by atoms with E-state index in [4.69, 9.17) is 4.74 Å². The number of esters is 1. The molecule has 0 bridgehead atoms. The van der Waals surface area contributed by atoms with E-state index in [2.05, 4.69) is 0 Å². The number of carbonyl (C=O) groups is 2. The van der Waals surface area contributed by atoms with Gasteiger partial charge in [-0.2, -0.15) is 11.8 Å². The van der Waals surface area contributed by atoms with Crippen molar-refractivity contribution in [2.75, 3.05) is 25.7 Å². The molecule has 1 saturated carbocycles. The van der Waals surface area contributed by atoms with E-state index in [1.165, 1.54) is 7.11 Å². The average Bonchev–Trinajstić information content (AvgIpc) is 3.07. The quantitative estimate of drug-likeness (QED) is 0.665. The Labute approximate surface area is 113 Å². The van der Waals surface area contributed by atoms with E-state index in [9.17, 15) is 9.59 Å². The second-order valence-corrected chi connectivity index (χ2v) is 6.33. The van der Waals surface area contributed by atoms with E-state index in [-0.39, 0.29) is 23.3 Å². The molecule has 4 nitrogen and oxygen atoms in total. The standard InChI is InChI=1S/C13H23NO3S/c1-10(2)14(3)11(15)8-18-9-13(5-6-13)7-12(16)17-4/h10H,5-9H2,1-4H3. The van der Waals surface area contributed by atoms with Gasteiger partial charge in [0.2, 0.25) is 5.91 Å². The molecular weight excluding hydrogens is 250 g/mol. The Morgan fingerprint density at radius 1 is 1.39 bits per heavy atom. The number of ether oxygens (including phenoxy) is 1. The molecular formula is C13H23NO3S. The molecule has 0 radical (unpaired) electrons. The number of nitrogens with zero attached hydrogens (tertiary/aromatic N) is 1. The monoisotopic (exact) mass is 273 g/mol. The lowest BCUT2D eigenvalue weighted by molar-refractivity contribution is -0.141. The summed E-state index contributed by atoms with van der Waals surface area (Å²) >= 11 is 1.63. The first-order chi connectivity index (χ1) is 8.40. The van der Waals surface area contributed by atoms with Gasteiger partial charge in [0.15, 0.2) is 0 Å². The molecule has 0 spiro atoms. The summed E-state index contributed by atoms with van der Waals surface area (Å²) < 4.78 is 4.70. The lowest BCUT2D eigenvalue weighted by atomic mass is 10.1. The summed E-state index contributed by atoms with van der Waals surface area (Å²) in [7, 11) is 3.25. The van der Waals surface area contributed by atoms with Crippen LogP contribution in [0.15, 0.2) is 0 Å². The van der Waals surface area contributed by atoms with E-state index < -0.39 is 0 Å². The summed E-state index contributed by atoms with van der Waals surface area (Å²) in [5.41, 5.74) is 0.106. The molecule has 104 valence electrons. The fraction of sp³-hybridized carbons (Fsp3) is 0.846. The van der Waals surface area contributed by atoms with E-state index >= 15 is 0 Å². The third-order valence-corrected chi connectivity index (χ3v) is 4.77. The molecule has 0 N–H and O–H groups in total. The highest BCUT2D eigenvalue weighted by Gasteiger charge is 2.44. The Bertz CT molecular complexity index is 313. The van der Waals surface area contributed by atoms with E-state index in [1.54, 1.807) is 16.7 Å². The van der Waals surface area contributed by atoms with E-state index in [0.717, 1.165) is 18.6 Å². The number of hydrogen-bond acceptors (Lipinski definition) is 4. The largest absolute Gasteiger partial charge is 0.469 e. The van der Waals surface area contributed by atoms with Gasteiger partial charge in [-0.15, -0.1) is 0 Å². The molecule has 0 aromatic heterocycles. The van der Waals surface area contributed by atoms with Gasteiger partial charge in [0, 0.05) is 13.1 Å². The van der Waals surface area contributed by atoms with Crippen LogP contribution in [-0.4, -0.2) is 48.5 Å². The van der Waals surface area contributed by atoms with Crippen LogP contribution >= 0.6 is 11.8 Å². The molecule has 5 heteroatoms. The van der Waals surface area contributed by atoms with Gasteiger partial charge in [0.05, 0.1) is 19.3 Å². The first kappa shape index (κ1) is 15.3. The molecule has 0 heterocycles. The zero-order chi connectivity index (χ0) is 13.8. The number of carbonyl (C=O) groups excluding carboxylic acids is 2. The minimum atomic E-state index is -0.140. The van der Waals surface area contributed by atoms with Crippen molar-refractivity contribution in [1.29, 1.82) is 0 Å². The van der Waals surface area contributed by atoms with Gasteiger partial charge in [-0.1, -0.05) is 0 Å². The maximum Gasteiger partial charge on any atom is 0.306 e. The lowest BCUT2D eigenvalue weighted by Crippen LogP contribution is -2.34. The van der Waals surface area contributed by atoms with Crippen molar-refractivity contribution in [3.63, 3.8) is 0 Å². The first-order valence-electron chi connectivity index (χ1n) is 6.30. The Morgan fingerprint density at radius 3 is 2.44 bits per heavy atom. The molecule has 0 aliphatic heterocycles. The Kier molecular flexibility index (Phi) is 5.50.